The van der Waals surface area contributed by atoms with Crippen molar-refractivity contribution in [2.24, 2.45) is 0 Å². The maximum Gasteiger partial charge on any atom is 0.573 e. The maximum absolute atomic E-state index is 12.5. The predicted molar refractivity (Wildman–Crippen MR) is 99.4 cm³/mol. The van der Waals surface area contributed by atoms with E-state index in [4.69, 9.17) is 0 Å². The van der Waals surface area contributed by atoms with Gasteiger partial charge in [0.2, 0.25) is 0 Å². The van der Waals surface area contributed by atoms with E-state index in [-0.39, 0.29) is 17.1 Å². The van der Waals surface area contributed by atoms with Crippen molar-refractivity contribution < 1.29 is 37.3 Å². The monoisotopic (exact) mass is 411 g/mol. The molecule has 156 valence electrons. The Morgan fingerprint density at radius 3 is 2.14 bits per heavy atom. The molecule has 0 aliphatic heterocycles. The Bertz CT molecular complexity index is 908. The van der Waals surface area contributed by atoms with Gasteiger partial charge in [-0.15, -0.1) is 13.2 Å². The molecule has 0 aromatic heterocycles. The molecule has 0 saturated heterocycles. The standard InChI is InChI=1S/C20H20F3NO5/c1-11(25)18(12-5-7-13(8-6-12)29-20(21,22)23)14-9-15(19(27)28-4)17(26)10-16(14)24(2)3/h5-10,18,26H,1-4H3. The molecule has 0 radical (unpaired) electrons. The zero-order valence-electron chi connectivity index (χ0n) is 16.2. The number of anilines is 1. The highest BCUT2D eigenvalue weighted by molar-refractivity contribution is 5.96. The number of hydrogen-bond acceptors (Lipinski definition) is 6. The van der Waals surface area contributed by atoms with Crippen LogP contribution in [0.25, 0.3) is 0 Å². The largest absolute Gasteiger partial charge is 0.573 e. The highest BCUT2D eigenvalue weighted by Gasteiger charge is 2.31. The van der Waals surface area contributed by atoms with E-state index in [1.807, 2.05) is 0 Å². The molecule has 2 rings (SSSR count). The number of aromatic hydroxyl groups is 1. The van der Waals surface area contributed by atoms with Crippen LogP contribution in [0.15, 0.2) is 36.4 Å². The number of benzene rings is 2. The molecule has 2 aromatic carbocycles. The van der Waals surface area contributed by atoms with Gasteiger partial charge in [-0.2, -0.15) is 0 Å². The van der Waals surface area contributed by atoms with E-state index in [0.717, 1.165) is 19.2 Å². The molecule has 0 aliphatic carbocycles. The quantitative estimate of drug-likeness (QED) is 0.728. The van der Waals surface area contributed by atoms with Crippen LogP contribution in [-0.4, -0.2) is 44.4 Å². The summed E-state index contributed by atoms with van der Waals surface area (Å²) in [5, 5.41) is 10.2. The average molecular weight is 411 g/mol. The number of alkyl halides is 3. The third kappa shape index (κ3) is 5.18. The van der Waals surface area contributed by atoms with Crippen molar-refractivity contribution in [1.29, 1.82) is 0 Å². The lowest BCUT2D eigenvalue weighted by atomic mass is 9.85. The molecular weight excluding hydrogens is 391 g/mol. The Kier molecular flexibility index (Phi) is 6.41. The fourth-order valence-corrected chi connectivity index (χ4v) is 2.98. The normalized spacial score (nSPS) is 12.2. The fraction of sp³-hybridized carbons (Fsp3) is 0.300. The van der Waals surface area contributed by atoms with Crippen molar-refractivity contribution in [3.05, 3.63) is 53.1 Å². The number of ether oxygens (including phenoxy) is 2. The second-order valence-electron chi connectivity index (χ2n) is 6.47. The summed E-state index contributed by atoms with van der Waals surface area (Å²) >= 11 is 0. The summed E-state index contributed by atoms with van der Waals surface area (Å²) in [7, 11) is 4.53. The van der Waals surface area contributed by atoms with E-state index in [2.05, 4.69) is 9.47 Å². The molecule has 0 heterocycles. The lowest BCUT2D eigenvalue weighted by Gasteiger charge is -2.24. The summed E-state index contributed by atoms with van der Waals surface area (Å²) < 4.78 is 45.7. The first-order valence-corrected chi connectivity index (χ1v) is 8.43. The van der Waals surface area contributed by atoms with Crippen molar-refractivity contribution in [3.8, 4) is 11.5 Å². The molecule has 0 fully saturated rings. The van der Waals surface area contributed by atoms with Gasteiger partial charge < -0.3 is 19.5 Å². The van der Waals surface area contributed by atoms with E-state index >= 15 is 0 Å². The second kappa shape index (κ2) is 8.42. The van der Waals surface area contributed by atoms with Crippen LogP contribution in [0.4, 0.5) is 18.9 Å². The van der Waals surface area contributed by atoms with Crippen LogP contribution >= 0.6 is 0 Å². The van der Waals surface area contributed by atoms with Crippen LogP contribution in [0.3, 0.4) is 0 Å². The molecule has 1 atom stereocenters. The number of phenols is 1. The zero-order valence-corrected chi connectivity index (χ0v) is 16.2. The first-order valence-electron chi connectivity index (χ1n) is 8.43. The van der Waals surface area contributed by atoms with Crippen LogP contribution in [0.1, 0.15) is 34.3 Å². The summed E-state index contributed by atoms with van der Waals surface area (Å²) in [6.07, 6.45) is -4.83. The molecule has 0 aliphatic rings. The van der Waals surface area contributed by atoms with Crippen molar-refractivity contribution in [1.82, 2.24) is 0 Å². The van der Waals surface area contributed by atoms with Crippen molar-refractivity contribution in [2.45, 2.75) is 19.2 Å². The smallest absolute Gasteiger partial charge is 0.507 e. The van der Waals surface area contributed by atoms with Gasteiger partial charge in [-0.25, -0.2) is 4.79 Å². The number of carbonyl (C=O) groups is 2. The minimum atomic E-state index is -4.83. The van der Waals surface area contributed by atoms with Gasteiger partial charge in [-0.3, -0.25) is 4.79 Å². The lowest BCUT2D eigenvalue weighted by Crippen LogP contribution is -2.19. The minimum Gasteiger partial charge on any atom is -0.507 e. The van der Waals surface area contributed by atoms with Crippen molar-refractivity contribution >= 4 is 17.4 Å². The van der Waals surface area contributed by atoms with Crippen LogP contribution in [-0.2, 0) is 9.53 Å². The number of ketones is 1. The summed E-state index contributed by atoms with van der Waals surface area (Å²) in [6.45, 7) is 1.33. The zero-order chi connectivity index (χ0) is 21.9. The minimum absolute atomic E-state index is 0.128. The number of methoxy groups -OCH3 is 1. The van der Waals surface area contributed by atoms with E-state index in [0.29, 0.717) is 16.8 Å². The Morgan fingerprint density at radius 2 is 1.69 bits per heavy atom. The van der Waals surface area contributed by atoms with Gasteiger partial charge in [0, 0.05) is 25.8 Å². The van der Waals surface area contributed by atoms with Gasteiger partial charge in [0.05, 0.1) is 13.0 Å². The van der Waals surface area contributed by atoms with E-state index in [1.54, 1.807) is 19.0 Å². The van der Waals surface area contributed by atoms with Crippen molar-refractivity contribution in [2.75, 3.05) is 26.1 Å². The maximum atomic E-state index is 12.5. The van der Waals surface area contributed by atoms with E-state index in [1.165, 1.54) is 31.2 Å². The third-order valence-corrected chi connectivity index (χ3v) is 4.20. The van der Waals surface area contributed by atoms with Crippen molar-refractivity contribution in [3.63, 3.8) is 0 Å². The van der Waals surface area contributed by atoms with E-state index in [9.17, 15) is 27.9 Å². The number of rotatable bonds is 6. The first-order chi connectivity index (χ1) is 13.4. The summed E-state index contributed by atoms with van der Waals surface area (Å²) in [6, 6.07) is 7.58. The number of hydrogen-bond donors (Lipinski definition) is 1. The third-order valence-electron chi connectivity index (χ3n) is 4.20. The van der Waals surface area contributed by atoms with Gasteiger partial charge in [0.15, 0.2) is 0 Å². The number of carbonyl (C=O) groups excluding carboxylic acids is 2. The number of phenolic OH excluding ortho intramolecular Hbond substituents is 1. The molecule has 0 amide bonds. The molecular formula is C20H20F3NO5. The molecule has 6 nitrogen and oxygen atoms in total. The number of nitrogens with zero attached hydrogens (tertiary/aromatic N) is 1. The highest BCUT2D eigenvalue weighted by atomic mass is 19.4. The van der Waals surface area contributed by atoms with Crippen LogP contribution < -0.4 is 9.64 Å². The summed E-state index contributed by atoms with van der Waals surface area (Å²) in [5.74, 6) is -2.72. The molecule has 0 bridgehead atoms. The first kappa shape index (κ1) is 22.1. The topological polar surface area (TPSA) is 76.1 Å². The number of Topliss-reactive ketones (excluding diaryl/α,β-unsaturated/α-hetero) is 1. The highest BCUT2D eigenvalue weighted by Crippen LogP contribution is 2.38. The Balaban J connectivity index is 2.60. The predicted octanol–water partition coefficient (Wildman–Crippen LogP) is 3.86. The summed E-state index contributed by atoms with van der Waals surface area (Å²) in [5.41, 5.74) is 1.13. The van der Waals surface area contributed by atoms with Gasteiger partial charge in [-0.05, 0) is 36.2 Å². The molecule has 9 heteroatoms. The average Bonchev–Trinajstić information content (AvgIpc) is 2.61. The van der Waals surface area contributed by atoms with Gasteiger partial charge in [-0.1, -0.05) is 12.1 Å². The van der Waals surface area contributed by atoms with Gasteiger partial charge in [0.1, 0.15) is 22.8 Å². The van der Waals surface area contributed by atoms with Crippen LogP contribution in [0, 0.1) is 0 Å². The van der Waals surface area contributed by atoms with Gasteiger partial charge in [0.25, 0.3) is 0 Å². The fourth-order valence-electron chi connectivity index (χ4n) is 2.98. The molecule has 0 spiro atoms. The van der Waals surface area contributed by atoms with Crippen LogP contribution in [0.5, 0.6) is 11.5 Å². The number of halogens is 3. The molecule has 1 N–H and O–H groups in total. The number of esters is 1. The van der Waals surface area contributed by atoms with E-state index < -0.39 is 24.0 Å². The molecule has 29 heavy (non-hydrogen) atoms. The lowest BCUT2D eigenvalue weighted by molar-refractivity contribution is -0.274. The molecule has 2 aromatic rings. The Labute approximate surface area is 165 Å². The van der Waals surface area contributed by atoms with Gasteiger partial charge >= 0.3 is 12.3 Å². The molecule has 0 saturated carbocycles. The Morgan fingerprint density at radius 1 is 1.10 bits per heavy atom. The molecule has 1 unspecified atom stereocenters. The SMILES string of the molecule is COC(=O)c1cc(C(C(C)=O)c2ccc(OC(F)(F)F)cc2)c(N(C)C)cc1O. The van der Waals surface area contributed by atoms with Crippen LogP contribution in [0.2, 0.25) is 0 Å². The Hall–Kier alpha value is -3.23. The summed E-state index contributed by atoms with van der Waals surface area (Å²) in [4.78, 5) is 26.1. The second-order valence-corrected chi connectivity index (χ2v) is 6.47.